The Balaban J connectivity index is 2.11. The topological polar surface area (TPSA) is 75.5 Å². The summed E-state index contributed by atoms with van der Waals surface area (Å²) in [5.74, 6) is 0.102. The zero-order valence-corrected chi connectivity index (χ0v) is 15.2. The van der Waals surface area contributed by atoms with Gasteiger partial charge in [-0.25, -0.2) is 0 Å². The summed E-state index contributed by atoms with van der Waals surface area (Å²) in [6.45, 7) is 4.54. The van der Waals surface area contributed by atoms with Crippen LogP contribution in [0.4, 0.5) is 5.69 Å². The fraction of sp³-hybridized carbons (Fsp3) is 0.444. The second kappa shape index (κ2) is 6.92. The highest BCUT2D eigenvalue weighted by molar-refractivity contribution is 7.80. The van der Waals surface area contributed by atoms with Crippen molar-refractivity contribution in [3.63, 3.8) is 0 Å². The zero-order valence-electron chi connectivity index (χ0n) is 14.4. The fourth-order valence-electron chi connectivity index (χ4n) is 3.56. The van der Waals surface area contributed by atoms with Gasteiger partial charge in [0.05, 0.1) is 11.0 Å². The number of nitro groups is 1. The van der Waals surface area contributed by atoms with E-state index in [1.54, 1.807) is 19.1 Å². The molecule has 25 heavy (non-hydrogen) atoms. The van der Waals surface area contributed by atoms with Crippen molar-refractivity contribution in [1.29, 1.82) is 0 Å². The summed E-state index contributed by atoms with van der Waals surface area (Å²) in [4.78, 5) is 25.6. The minimum absolute atomic E-state index is 0.0617. The number of hydrogen-bond acceptors (Lipinski definition) is 4. The molecule has 0 saturated carbocycles. The highest BCUT2D eigenvalue weighted by Gasteiger charge is 2.37. The predicted molar refractivity (Wildman–Crippen MR) is 99.2 cm³/mol. The van der Waals surface area contributed by atoms with Crippen molar-refractivity contribution in [2.45, 2.75) is 45.6 Å². The molecule has 1 N–H and O–H groups in total. The summed E-state index contributed by atoms with van der Waals surface area (Å²) in [7, 11) is 0. The number of nitro benzene ring substituents is 1. The highest BCUT2D eigenvalue weighted by atomic mass is 32.1. The lowest BCUT2D eigenvalue weighted by molar-refractivity contribution is -0.385. The van der Waals surface area contributed by atoms with Crippen LogP contribution in [0.15, 0.2) is 29.5 Å². The van der Waals surface area contributed by atoms with Crippen LogP contribution in [-0.4, -0.2) is 27.3 Å². The molecule has 0 amide bonds. The van der Waals surface area contributed by atoms with E-state index in [4.69, 9.17) is 12.2 Å². The quantitative estimate of drug-likeness (QED) is 0.503. The van der Waals surface area contributed by atoms with Crippen LogP contribution < -0.4 is 5.32 Å². The summed E-state index contributed by atoms with van der Waals surface area (Å²) >= 11 is 5.52. The number of nitrogens with one attached hydrogen (secondary N) is 1. The number of aryl methyl sites for hydroxylation is 1. The molecule has 1 aromatic rings. The third-order valence-corrected chi connectivity index (χ3v) is 5.10. The van der Waals surface area contributed by atoms with Crippen molar-refractivity contribution >= 4 is 28.8 Å². The van der Waals surface area contributed by atoms with Crippen molar-refractivity contribution in [3.05, 3.63) is 50.7 Å². The molecule has 0 bridgehead atoms. The van der Waals surface area contributed by atoms with E-state index in [9.17, 15) is 14.9 Å². The highest BCUT2D eigenvalue weighted by Crippen LogP contribution is 2.38. The van der Waals surface area contributed by atoms with Gasteiger partial charge in [0.2, 0.25) is 0 Å². The molecular weight excluding hydrogens is 338 g/mol. The van der Waals surface area contributed by atoms with E-state index in [1.807, 2.05) is 11.0 Å². The number of nitrogens with zero attached hydrogens (tertiary/aromatic N) is 2. The van der Waals surface area contributed by atoms with Gasteiger partial charge in [-0.2, -0.15) is 0 Å². The fourth-order valence-corrected chi connectivity index (χ4v) is 3.88. The summed E-state index contributed by atoms with van der Waals surface area (Å²) < 4.78 is 0. The zero-order chi connectivity index (χ0) is 18.1. The van der Waals surface area contributed by atoms with Gasteiger partial charge >= 0.3 is 0 Å². The number of carbonyl (C=O) groups excluding carboxylic acids is 1. The van der Waals surface area contributed by atoms with Gasteiger partial charge in [0, 0.05) is 35.9 Å². The Bertz CT molecular complexity index is 788. The Kier molecular flexibility index (Phi) is 4.85. The second-order valence-corrected chi connectivity index (χ2v) is 6.86. The number of hydrogen-bond donors (Lipinski definition) is 1. The van der Waals surface area contributed by atoms with E-state index in [0.29, 0.717) is 28.2 Å². The van der Waals surface area contributed by atoms with Gasteiger partial charge in [-0.1, -0.05) is 19.1 Å². The first-order valence-corrected chi connectivity index (χ1v) is 8.94. The van der Waals surface area contributed by atoms with Crippen LogP contribution in [0, 0.1) is 17.0 Å². The van der Waals surface area contributed by atoms with Crippen molar-refractivity contribution in [2.75, 3.05) is 6.54 Å². The smallest absolute Gasteiger partial charge is 0.272 e. The Morgan fingerprint density at radius 2 is 2.16 bits per heavy atom. The average molecular weight is 359 g/mol. The average Bonchev–Trinajstić information content (AvgIpc) is 2.57. The SMILES string of the molecule is CCCN1C(=S)NC(c2ccc(C)c([N+](=O)[O-])c2)C2=C1CCCC2=O. The van der Waals surface area contributed by atoms with Crippen molar-refractivity contribution in [1.82, 2.24) is 10.2 Å². The van der Waals surface area contributed by atoms with E-state index in [1.165, 1.54) is 0 Å². The van der Waals surface area contributed by atoms with Crippen molar-refractivity contribution < 1.29 is 9.72 Å². The molecule has 0 aromatic heterocycles. The molecule has 1 aliphatic heterocycles. The number of carbonyl (C=O) groups is 1. The van der Waals surface area contributed by atoms with E-state index in [0.717, 1.165) is 31.5 Å². The molecule has 1 heterocycles. The molecule has 7 heteroatoms. The monoisotopic (exact) mass is 359 g/mol. The summed E-state index contributed by atoms with van der Waals surface area (Å²) in [6, 6.07) is 4.70. The summed E-state index contributed by atoms with van der Waals surface area (Å²) in [5.41, 5.74) is 3.07. The van der Waals surface area contributed by atoms with Crippen LogP contribution in [0.5, 0.6) is 0 Å². The first kappa shape index (κ1) is 17.5. The number of allylic oxidation sites excluding steroid dienone is 1. The lowest BCUT2D eigenvalue weighted by atomic mass is 9.84. The van der Waals surface area contributed by atoms with Crippen molar-refractivity contribution in [2.24, 2.45) is 0 Å². The molecule has 1 aromatic carbocycles. The molecule has 1 aliphatic carbocycles. The van der Waals surface area contributed by atoms with Gasteiger partial charge in [-0.05, 0) is 44.0 Å². The van der Waals surface area contributed by atoms with Gasteiger partial charge < -0.3 is 10.2 Å². The van der Waals surface area contributed by atoms with Crippen LogP contribution in [-0.2, 0) is 4.79 Å². The molecule has 1 unspecified atom stereocenters. The minimum atomic E-state index is -0.414. The molecule has 0 spiro atoms. The molecule has 0 saturated heterocycles. The van der Waals surface area contributed by atoms with E-state index in [2.05, 4.69) is 12.2 Å². The van der Waals surface area contributed by atoms with Gasteiger partial charge in [-0.3, -0.25) is 14.9 Å². The minimum Gasteiger partial charge on any atom is -0.351 e. The van der Waals surface area contributed by atoms with Crippen LogP contribution in [0.2, 0.25) is 0 Å². The first-order chi connectivity index (χ1) is 11.9. The molecule has 2 aliphatic rings. The number of ketones is 1. The maximum Gasteiger partial charge on any atom is 0.272 e. The van der Waals surface area contributed by atoms with Gasteiger partial charge in [-0.15, -0.1) is 0 Å². The largest absolute Gasteiger partial charge is 0.351 e. The molecule has 1 atom stereocenters. The lowest BCUT2D eigenvalue weighted by Gasteiger charge is -2.40. The van der Waals surface area contributed by atoms with Crippen molar-refractivity contribution in [3.8, 4) is 0 Å². The number of benzene rings is 1. The first-order valence-electron chi connectivity index (χ1n) is 8.53. The number of thiocarbonyl (C=S) groups is 1. The third kappa shape index (κ3) is 3.16. The third-order valence-electron chi connectivity index (χ3n) is 4.77. The maximum absolute atomic E-state index is 12.7. The van der Waals surface area contributed by atoms with Crippen LogP contribution >= 0.6 is 12.2 Å². The van der Waals surface area contributed by atoms with E-state index < -0.39 is 6.04 Å². The van der Waals surface area contributed by atoms with Gasteiger partial charge in [0.15, 0.2) is 10.9 Å². The molecular formula is C18H21N3O3S. The molecule has 132 valence electrons. The summed E-state index contributed by atoms with van der Waals surface area (Å²) in [5, 5.41) is 15.1. The predicted octanol–water partition coefficient (Wildman–Crippen LogP) is 3.55. The standard InChI is InChI=1S/C18H21N3O3S/c1-3-9-20-13-5-4-6-15(22)16(13)17(19-18(20)25)12-8-7-11(2)14(10-12)21(23)24/h7-8,10,17H,3-6,9H2,1-2H3,(H,19,25). The number of Topliss-reactive ketones (excluding diaryl/α,β-unsaturated/α-hetero) is 1. The Labute approximate surface area is 152 Å². The molecule has 3 rings (SSSR count). The summed E-state index contributed by atoms with van der Waals surface area (Å²) in [6.07, 6.45) is 3.07. The van der Waals surface area contributed by atoms with Gasteiger partial charge in [0.1, 0.15) is 0 Å². The Morgan fingerprint density at radius 1 is 1.40 bits per heavy atom. The molecule has 0 fully saturated rings. The molecule has 6 nitrogen and oxygen atoms in total. The van der Waals surface area contributed by atoms with Gasteiger partial charge in [0.25, 0.3) is 5.69 Å². The van der Waals surface area contributed by atoms with E-state index in [-0.39, 0.29) is 16.4 Å². The van der Waals surface area contributed by atoms with Crippen LogP contribution in [0.3, 0.4) is 0 Å². The van der Waals surface area contributed by atoms with Crippen LogP contribution in [0.25, 0.3) is 0 Å². The lowest BCUT2D eigenvalue weighted by Crippen LogP contribution is -2.49. The molecule has 0 radical (unpaired) electrons. The normalized spacial score (nSPS) is 20.4. The van der Waals surface area contributed by atoms with E-state index >= 15 is 0 Å². The maximum atomic E-state index is 12.7. The second-order valence-electron chi connectivity index (χ2n) is 6.47. The Hall–Kier alpha value is -2.28. The number of rotatable bonds is 4. The van der Waals surface area contributed by atoms with Crippen LogP contribution in [0.1, 0.15) is 49.8 Å². The Morgan fingerprint density at radius 3 is 2.84 bits per heavy atom.